The predicted octanol–water partition coefficient (Wildman–Crippen LogP) is 1.64. The zero-order chi connectivity index (χ0) is 12.6. The number of halogens is 2. The first kappa shape index (κ1) is 11.1. The van der Waals surface area contributed by atoms with E-state index in [4.69, 9.17) is 10.8 Å². The monoisotopic (exact) mass is 239 g/mol. The Hall–Kier alpha value is -2.44. The summed E-state index contributed by atoms with van der Waals surface area (Å²) < 4.78 is 27.1. The van der Waals surface area contributed by atoms with E-state index in [0.717, 1.165) is 12.1 Å². The lowest BCUT2D eigenvalue weighted by Gasteiger charge is -2.03. The molecule has 0 spiro atoms. The summed E-state index contributed by atoms with van der Waals surface area (Å²) in [6, 6.07) is 2.72. The van der Waals surface area contributed by atoms with Gasteiger partial charge in [0.05, 0.1) is 16.8 Å². The molecule has 0 aliphatic heterocycles. The molecule has 5 nitrogen and oxygen atoms in total. The number of carboxylic acids is 1. The number of carboxylic acid groups (broad SMARTS) is 1. The van der Waals surface area contributed by atoms with Crippen molar-refractivity contribution in [2.24, 2.45) is 0 Å². The fraction of sp³-hybridized carbons (Fsp3) is 0. The molecule has 0 saturated carbocycles. The first-order chi connectivity index (χ1) is 7.99. The smallest absolute Gasteiger partial charge is 0.335 e. The van der Waals surface area contributed by atoms with Crippen LogP contribution < -0.4 is 5.73 Å². The van der Waals surface area contributed by atoms with Crippen LogP contribution in [0.3, 0.4) is 0 Å². The van der Waals surface area contributed by atoms with Crippen molar-refractivity contribution in [2.75, 3.05) is 5.73 Å². The van der Waals surface area contributed by atoms with Gasteiger partial charge in [0.2, 0.25) is 0 Å². The highest BCUT2D eigenvalue weighted by Gasteiger charge is 2.17. The maximum atomic E-state index is 13.6. The third kappa shape index (κ3) is 1.94. The Labute approximate surface area is 93.9 Å². The Bertz CT molecular complexity index is 572. The van der Waals surface area contributed by atoms with Crippen LogP contribution in [0.5, 0.6) is 0 Å². The van der Waals surface area contributed by atoms with E-state index < -0.39 is 23.2 Å². The summed E-state index contributed by atoms with van der Waals surface area (Å²) in [7, 11) is 0. The van der Waals surface area contributed by atoms with Gasteiger partial charge in [-0.1, -0.05) is 0 Å². The number of hydrogen-bond donors (Lipinski definition) is 3. The molecule has 2 rings (SSSR count). The molecule has 1 aromatic heterocycles. The van der Waals surface area contributed by atoms with Gasteiger partial charge in [0, 0.05) is 6.07 Å². The number of H-pyrrole nitrogens is 1. The number of aromatic nitrogens is 2. The van der Waals surface area contributed by atoms with Crippen LogP contribution in [-0.4, -0.2) is 21.3 Å². The van der Waals surface area contributed by atoms with Crippen molar-refractivity contribution in [3.8, 4) is 11.3 Å². The fourth-order valence-corrected chi connectivity index (χ4v) is 1.42. The zero-order valence-corrected chi connectivity index (χ0v) is 8.37. The molecule has 17 heavy (non-hydrogen) atoms. The first-order valence-corrected chi connectivity index (χ1v) is 4.52. The molecule has 88 valence electrons. The van der Waals surface area contributed by atoms with Crippen LogP contribution in [0.1, 0.15) is 10.4 Å². The van der Waals surface area contributed by atoms with E-state index in [1.54, 1.807) is 0 Å². The highest BCUT2D eigenvalue weighted by atomic mass is 19.1. The van der Waals surface area contributed by atoms with Crippen LogP contribution in [0.2, 0.25) is 0 Å². The van der Waals surface area contributed by atoms with Gasteiger partial charge in [0.1, 0.15) is 17.5 Å². The number of hydrogen-bond acceptors (Lipinski definition) is 3. The maximum Gasteiger partial charge on any atom is 0.335 e. The van der Waals surface area contributed by atoms with E-state index in [1.807, 2.05) is 0 Å². The Balaban J connectivity index is 2.60. The Morgan fingerprint density at radius 2 is 1.88 bits per heavy atom. The predicted molar refractivity (Wildman–Crippen MR) is 55.3 cm³/mol. The molecule has 0 atom stereocenters. The summed E-state index contributed by atoms with van der Waals surface area (Å²) in [4.78, 5) is 10.6. The Kier molecular flexibility index (Phi) is 2.51. The van der Waals surface area contributed by atoms with E-state index >= 15 is 0 Å². The molecular formula is C10H7F2N3O2. The second-order valence-electron chi connectivity index (χ2n) is 3.33. The SMILES string of the molecule is Nc1cc(-c2c(F)cc(C(=O)O)cc2F)[nH]n1. The Morgan fingerprint density at radius 3 is 2.29 bits per heavy atom. The third-order valence-corrected chi connectivity index (χ3v) is 2.16. The van der Waals surface area contributed by atoms with E-state index in [2.05, 4.69) is 10.2 Å². The van der Waals surface area contributed by atoms with Gasteiger partial charge in [-0.3, -0.25) is 5.10 Å². The van der Waals surface area contributed by atoms with E-state index in [-0.39, 0.29) is 17.1 Å². The van der Waals surface area contributed by atoms with Crippen LogP contribution in [0.4, 0.5) is 14.6 Å². The van der Waals surface area contributed by atoms with Crippen molar-refractivity contribution < 1.29 is 18.7 Å². The quantitative estimate of drug-likeness (QED) is 0.742. The van der Waals surface area contributed by atoms with Gasteiger partial charge in [0.15, 0.2) is 0 Å². The lowest BCUT2D eigenvalue weighted by atomic mass is 10.1. The second-order valence-corrected chi connectivity index (χ2v) is 3.33. The third-order valence-electron chi connectivity index (χ3n) is 2.16. The highest BCUT2D eigenvalue weighted by Crippen LogP contribution is 2.26. The number of aromatic amines is 1. The zero-order valence-electron chi connectivity index (χ0n) is 8.37. The molecule has 0 fully saturated rings. The van der Waals surface area contributed by atoms with Gasteiger partial charge < -0.3 is 10.8 Å². The molecule has 0 unspecified atom stereocenters. The van der Waals surface area contributed by atoms with Crippen LogP contribution in [0.15, 0.2) is 18.2 Å². The summed E-state index contributed by atoms with van der Waals surface area (Å²) in [5.74, 6) is -3.31. The number of rotatable bonds is 2. The highest BCUT2D eigenvalue weighted by molar-refractivity contribution is 5.88. The van der Waals surface area contributed by atoms with Crippen molar-refractivity contribution in [1.29, 1.82) is 0 Å². The average Bonchev–Trinajstić information content (AvgIpc) is 2.63. The van der Waals surface area contributed by atoms with Gasteiger partial charge in [0.25, 0.3) is 0 Å². The van der Waals surface area contributed by atoms with Gasteiger partial charge in [-0.25, -0.2) is 13.6 Å². The lowest BCUT2D eigenvalue weighted by Crippen LogP contribution is -2.00. The number of nitrogens with zero attached hydrogens (tertiary/aromatic N) is 1. The number of anilines is 1. The minimum Gasteiger partial charge on any atom is -0.478 e. The molecule has 0 aliphatic rings. The molecule has 1 aromatic carbocycles. The summed E-state index contributed by atoms with van der Waals surface area (Å²) in [6.45, 7) is 0. The molecule has 0 saturated heterocycles. The van der Waals surface area contributed by atoms with Gasteiger partial charge in [-0.15, -0.1) is 0 Å². The van der Waals surface area contributed by atoms with Gasteiger partial charge in [-0.05, 0) is 12.1 Å². The Morgan fingerprint density at radius 1 is 1.29 bits per heavy atom. The minimum absolute atomic E-state index is 0.0504. The number of aromatic carboxylic acids is 1. The number of carbonyl (C=O) groups is 1. The standard InChI is InChI=1S/C10H7F2N3O2/c11-5-1-4(10(16)17)2-6(12)9(5)7-3-8(13)15-14-7/h1-3H,(H,16,17)(H3,13,14,15). The molecule has 0 aliphatic carbocycles. The topological polar surface area (TPSA) is 92.0 Å². The van der Waals surface area contributed by atoms with Crippen molar-refractivity contribution in [3.05, 3.63) is 35.4 Å². The minimum atomic E-state index is -1.40. The lowest BCUT2D eigenvalue weighted by molar-refractivity contribution is 0.0696. The van der Waals surface area contributed by atoms with Gasteiger partial charge >= 0.3 is 5.97 Å². The van der Waals surface area contributed by atoms with E-state index in [1.165, 1.54) is 6.07 Å². The molecule has 0 radical (unpaired) electrons. The largest absolute Gasteiger partial charge is 0.478 e. The summed E-state index contributed by atoms with van der Waals surface area (Å²) >= 11 is 0. The van der Waals surface area contributed by atoms with Crippen molar-refractivity contribution in [1.82, 2.24) is 10.2 Å². The molecule has 7 heteroatoms. The van der Waals surface area contributed by atoms with Gasteiger partial charge in [-0.2, -0.15) is 5.10 Å². The van der Waals surface area contributed by atoms with Crippen LogP contribution in [0, 0.1) is 11.6 Å². The molecule has 1 heterocycles. The van der Waals surface area contributed by atoms with Crippen molar-refractivity contribution >= 4 is 11.8 Å². The summed E-state index contributed by atoms with van der Waals surface area (Å²) in [5, 5.41) is 14.5. The number of benzene rings is 1. The molecule has 4 N–H and O–H groups in total. The average molecular weight is 239 g/mol. The van der Waals surface area contributed by atoms with Crippen molar-refractivity contribution in [3.63, 3.8) is 0 Å². The first-order valence-electron chi connectivity index (χ1n) is 4.52. The number of nitrogens with two attached hydrogens (primary N) is 1. The summed E-state index contributed by atoms with van der Waals surface area (Å²) in [5.41, 5.74) is 4.51. The molecule has 0 amide bonds. The number of nitrogen functional groups attached to an aromatic ring is 1. The fourth-order valence-electron chi connectivity index (χ4n) is 1.42. The summed E-state index contributed by atoms with van der Waals surface area (Å²) in [6.07, 6.45) is 0. The van der Waals surface area contributed by atoms with E-state index in [9.17, 15) is 13.6 Å². The maximum absolute atomic E-state index is 13.6. The molecule has 2 aromatic rings. The van der Waals surface area contributed by atoms with Crippen LogP contribution in [0.25, 0.3) is 11.3 Å². The molecule has 0 bridgehead atoms. The number of nitrogens with one attached hydrogen (secondary N) is 1. The second kappa shape index (κ2) is 3.85. The van der Waals surface area contributed by atoms with E-state index in [0.29, 0.717) is 0 Å². The normalized spacial score (nSPS) is 10.5. The molecular weight excluding hydrogens is 232 g/mol. The van der Waals surface area contributed by atoms with Crippen LogP contribution in [-0.2, 0) is 0 Å². The van der Waals surface area contributed by atoms with Crippen LogP contribution >= 0.6 is 0 Å². The van der Waals surface area contributed by atoms with Crippen molar-refractivity contribution in [2.45, 2.75) is 0 Å².